The van der Waals surface area contributed by atoms with Gasteiger partial charge in [-0.1, -0.05) is 83.9 Å². The van der Waals surface area contributed by atoms with E-state index >= 15 is 0 Å². The van der Waals surface area contributed by atoms with Gasteiger partial charge in [0.15, 0.2) is 0 Å². The monoisotopic (exact) mass is 432 g/mol. The largest absolute Gasteiger partial charge is 0.438 e. The first kappa shape index (κ1) is 19.8. The fourth-order valence-electron chi connectivity index (χ4n) is 3.14. The molecule has 30 heavy (non-hydrogen) atoms. The highest BCUT2D eigenvalue weighted by Crippen LogP contribution is 2.41. The van der Waals surface area contributed by atoms with Crippen LogP contribution in [0, 0.1) is 11.3 Å². The lowest BCUT2D eigenvalue weighted by Crippen LogP contribution is -2.12. The number of benzene rings is 3. The van der Waals surface area contributed by atoms with Crippen molar-refractivity contribution >= 4 is 35.0 Å². The molecule has 0 bridgehead atoms. The van der Waals surface area contributed by atoms with Crippen LogP contribution in [0.5, 0.6) is 0 Å². The fourth-order valence-corrected chi connectivity index (χ4v) is 3.52. The van der Waals surface area contributed by atoms with E-state index in [1.165, 1.54) is 12.1 Å². The molecule has 0 saturated heterocycles. The second kappa shape index (κ2) is 8.46. The summed E-state index contributed by atoms with van der Waals surface area (Å²) >= 11 is 12.1. The molecule has 146 valence electrons. The van der Waals surface area contributed by atoms with Gasteiger partial charge in [-0.05, 0) is 23.8 Å². The van der Waals surface area contributed by atoms with Crippen LogP contribution in [-0.4, -0.2) is 5.91 Å². The molecule has 6 heteroatoms. The fraction of sp³-hybridized carbons (Fsp3) is 0. The van der Waals surface area contributed by atoms with E-state index < -0.39 is 5.91 Å². The number of nitriles is 1. The van der Waals surface area contributed by atoms with Crippen molar-refractivity contribution in [3.8, 4) is 28.5 Å². The molecule has 0 fully saturated rings. The van der Waals surface area contributed by atoms with Gasteiger partial charge in [-0.15, -0.1) is 0 Å². The standard InChI is InChI=1S/C24H14Cl2N2O2/c25-17-11-12-20(26)18(13-17)23(29)28-24-19(14-27)21(15-7-3-1-4-8-15)22(30-24)16-9-5-2-6-10-16/h1-13H,(H,28,29). The topological polar surface area (TPSA) is 66.0 Å². The summed E-state index contributed by atoms with van der Waals surface area (Å²) in [6.07, 6.45) is 0. The molecule has 0 spiro atoms. The number of carbonyl (C=O) groups excluding carboxylic acids is 1. The lowest BCUT2D eigenvalue weighted by Gasteiger charge is -2.05. The number of anilines is 1. The smallest absolute Gasteiger partial charge is 0.259 e. The lowest BCUT2D eigenvalue weighted by molar-refractivity contribution is 0.102. The van der Waals surface area contributed by atoms with Crippen molar-refractivity contribution in [2.75, 3.05) is 5.32 Å². The molecule has 4 aromatic rings. The van der Waals surface area contributed by atoms with E-state index in [2.05, 4.69) is 11.4 Å². The Morgan fingerprint density at radius 1 is 0.900 bits per heavy atom. The first-order valence-corrected chi connectivity index (χ1v) is 9.78. The van der Waals surface area contributed by atoms with Gasteiger partial charge in [-0.25, -0.2) is 0 Å². The maximum atomic E-state index is 12.8. The van der Waals surface area contributed by atoms with Crippen LogP contribution < -0.4 is 5.32 Å². The highest BCUT2D eigenvalue weighted by atomic mass is 35.5. The number of nitrogens with one attached hydrogen (secondary N) is 1. The predicted octanol–water partition coefficient (Wildman–Crippen LogP) is 7.04. The minimum Gasteiger partial charge on any atom is -0.438 e. The average molecular weight is 433 g/mol. The number of hydrogen-bond donors (Lipinski definition) is 1. The van der Waals surface area contributed by atoms with Crippen molar-refractivity contribution < 1.29 is 9.21 Å². The minimum absolute atomic E-state index is 0.0521. The van der Waals surface area contributed by atoms with Gasteiger partial charge in [0.25, 0.3) is 5.91 Å². The number of carbonyl (C=O) groups is 1. The quantitative estimate of drug-likeness (QED) is 0.375. The first-order chi connectivity index (χ1) is 14.6. The van der Waals surface area contributed by atoms with Gasteiger partial charge in [0.1, 0.15) is 17.4 Å². The third kappa shape index (κ3) is 3.81. The SMILES string of the molecule is N#Cc1c(NC(=O)c2cc(Cl)ccc2Cl)oc(-c2ccccc2)c1-c1ccccc1. The van der Waals surface area contributed by atoms with Gasteiger partial charge >= 0.3 is 0 Å². The van der Waals surface area contributed by atoms with Crippen molar-refractivity contribution in [3.63, 3.8) is 0 Å². The Hall–Kier alpha value is -3.52. The second-order valence-corrected chi connectivity index (χ2v) is 7.28. The van der Waals surface area contributed by atoms with E-state index in [0.717, 1.165) is 11.1 Å². The van der Waals surface area contributed by atoms with Gasteiger partial charge in [-0.2, -0.15) is 5.26 Å². The van der Waals surface area contributed by atoms with Crippen molar-refractivity contribution in [2.45, 2.75) is 0 Å². The Kier molecular flexibility index (Phi) is 5.58. The van der Waals surface area contributed by atoms with E-state index in [-0.39, 0.29) is 22.0 Å². The summed E-state index contributed by atoms with van der Waals surface area (Å²) in [4.78, 5) is 12.8. The van der Waals surface area contributed by atoms with E-state index in [0.29, 0.717) is 16.3 Å². The zero-order valence-electron chi connectivity index (χ0n) is 15.5. The van der Waals surface area contributed by atoms with Crippen LogP contribution in [0.3, 0.4) is 0 Å². The first-order valence-electron chi connectivity index (χ1n) is 9.02. The van der Waals surface area contributed by atoms with E-state index in [1.807, 2.05) is 60.7 Å². The van der Waals surface area contributed by atoms with Crippen LogP contribution >= 0.6 is 23.2 Å². The molecule has 0 aliphatic heterocycles. The molecule has 1 aromatic heterocycles. The van der Waals surface area contributed by atoms with Crippen molar-refractivity contribution in [3.05, 3.63) is 100 Å². The average Bonchev–Trinajstić information content (AvgIpc) is 3.14. The molecule has 1 amide bonds. The van der Waals surface area contributed by atoms with Crippen LogP contribution in [0.15, 0.2) is 83.3 Å². The summed E-state index contributed by atoms with van der Waals surface area (Å²) in [6, 6.07) is 25.6. The maximum absolute atomic E-state index is 12.8. The summed E-state index contributed by atoms with van der Waals surface area (Å²) in [5.74, 6) is 0.0223. The summed E-state index contributed by atoms with van der Waals surface area (Å²) in [5.41, 5.74) is 2.61. The van der Waals surface area contributed by atoms with Crippen LogP contribution in [0.4, 0.5) is 5.88 Å². The normalized spacial score (nSPS) is 10.4. The molecular formula is C24H14Cl2N2O2. The Balaban J connectivity index is 1.85. The number of nitrogens with zero attached hydrogens (tertiary/aromatic N) is 1. The maximum Gasteiger partial charge on any atom is 0.259 e. The molecular weight excluding hydrogens is 419 g/mol. The highest BCUT2D eigenvalue weighted by Gasteiger charge is 2.25. The zero-order valence-corrected chi connectivity index (χ0v) is 17.0. The summed E-state index contributed by atoms with van der Waals surface area (Å²) < 4.78 is 6.01. The van der Waals surface area contributed by atoms with E-state index in [4.69, 9.17) is 27.6 Å². The van der Waals surface area contributed by atoms with Crippen molar-refractivity contribution in [1.82, 2.24) is 0 Å². The van der Waals surface area contributed by atoms with Gasteiger partial charge in [-0.3, -0.25) is 10.1 Å². The van der Waals surface area contributed by atoms with Gasteiger partial charge in [0.05, 0.1) is 10.6 Å². The van der Waals surface area contributed by atoms with Gasteiger partial charge < -0.3 is 4.42 Å². The van der Waals surface area contributed by atoms with Crippen LogP contribution in [0.2, 0.25) is 10.0 Å². The van der Waals surface area contributed by atoms with Crippen molar-refractivity contribution in [2.24, 2.45) is 0 Å². The van der Waals surface area contributed by atoms with E-state index in [1.54, 1.807) is 6.07 Å². The molecule has 3 aromatic carbocycles. The Bertz CT molecular complexity index is 1260. The number of furan rings is 1. The number of hydrogen-bond acceptors (Lipinski definition) is 3. The molecule has 0 radical (unpaired) electrons. The predicted molar refractivity (Wildman–Crippen MR) is 119 cm³/mol. The number of halogens is 2. The molecule has 0 aliphatic rings. The van der Waals surface area contributed by atoms with Gasteiger partial charge in [0.2, 0.25) is 5.88 Å². The van der Waals surface area contributed by atoms with Gasteiger partial charge in [0, 0.05) is 16.1 Å². The third-order valence-electron chi connectivity index (χ3n) is 4.52. The molecule has 0 unspecified atom stereocenters. The Morgan fingerprint density at radius 2 is 1.53 bits per heavy atom. The molecule has 4 nitrogen and oxygen atoms in total. The summed E-state index contributed by atoms with van der Waals surface area (Å²) in [7, 11) is 0. The van der Waals surface area contributed by atoms with Crippen LogP contribution in [-0.2, 0) is 0 Å². The molecule has 4 rings (SSSR count). The van der Waals surface area contributed by atoms with Crippen molar-refractivity contribution in [1.29, 1.82) is 5.26 Å². The Morgan fingerprint density at radius 3 is 2.17 bits per heavy atom. The molecule has 1 heterocycles. The van der Waals surface area contributed by atoms with Crippen LogP contribution in [0.25, 0.3) is 22.5 Å². The second-order valence-electron chi connectivity index (χ2n) is 6.43. The number of amides is 1. The number of rotatable bonds is 4. The van der Waals surface area contributed by atoms with Crippen LogP contribution in [0.1, 0.15) is 15.9 Å². The van der Waals surface area contributed by atoms with E-state index in [9.17, 15) is 10.1 Å². The zero-order chi connectivity index (χ0) is 21.1. The highest BCUT2D eigenvalue weighted by molar-refractivity contribution is 6.36. The lowest BCUT2D eigenvalue weighted by atomic mass is 9.98. The Labute approximate surface area is 183 Å². The molecule has 0 saturated carbocycles. The molecule has 0 atom stereocenters. The summed E-state index contributed by atoms with van der Waals surface area (Å²) in [6.45, 7) is 0. The third-order valence-corrected chi connectivity index (χ3v) is 5.08. The molecule has 1 N–H and O–H groups in total. The summed E-state index contributed by atoms with van der Waals surface area (Å²) in [5, 5.41) is 13.2. The molecule has 0 aliphatic carbocycles. The minimum atomic E-state index is -0.521.